The van der Waals surface area contributed by atoms with Gasteiger partial charge in [-0.3, -0.25) is 0 Å². The predicted octanol–water partition coefficient (Wildman–Crippen LogP) is 4.23. The van der Waals surface area contributed by atoms with Crippen molar-refractivity contribution in [2.24, 2.45) is 0 Å². The normalized spacial score (nSPS) is 10.7. The number of ether oxygens (including phenoxy) is 1. The van der Waals surface area contributed by atoms with Crippen LogP contribution in [-0.4, -0.2) is 12.1 Å². The zero-order chi connectivity index (χ0) is 13.9. The Morgan fingerprint density at radius 1 is 1.20 bits per heavy atom. The van der Waals surface area contributed by atoms with Gasteiger partial charge in [-0.05, 0) is 30.2 Å². The van der Waals surface area contributed by atoms with Crippen molar-refractivity contribution in [3.8, 4) is 5.75 Å². The first-order chi connectivity index (χ1) is 9.76. The number of hydrogen-bond acceptors (Lipinski definition) is 4. The number of anilines is 1. The highest BCUT2D eigenvalue weighted by Crippen LogP contribution is 2.32. The number of fused-ring (bicyclic) bond motifs is 1. The molecule has 3 rings (SSSR count). The minimum atomic E-state index is 0.789. The first-order valence-electron chi connectivity index (χ1n) is 6.49. The van der Waals surface area contributed by atoms with Gasteiger partial charge in [0.15, 0.2) is 5.13 Å². The molecule has 0 spiro atoms. The van der Waals surface area contributed by atoms with Gasteiger partial charge in [-0.1, -0.05) is 41.7 Å². The van der Waals surface area contributed by atoms with Crippen molar-refractivity contribution in [3.05, 3.63) is 53.6 Å². The molecule has 20 heavy (non-hydrogen) atoms. The molecule has 2 aromatic carbocycles. The SMILES string of the molecule is COc1cc(C)c2nc(NCc3ccccc3)sc2c1. The summed E-state index contributed by atoms with van der Waals surface area (Å²) in [6.07, 6.45) is 0. The number of benzene rings is 2. The molecule has 0 unspecified atom stereocenters. The highest BCUT2D eigenvalue weighted by atomic mass is 32.1. The number of methoxy groups -OCH3 is 1. The monoisotopic (exact) mass is 284 g/mol. The summed E-state index contributed by atoms with van der Waals surface area (Å²) in [6.45, 7) is 2.85. The topological polar surface area (TPSA) is 34.1 Å². The number of aromatic nitrogens is 1. The quantitative estimate of drug-likeness (QED) is 0.778. The smallest absolute Gasteiger partial charge is 0.184 e. The van der Waals surface area contributed by atoms with Gasteiger partial charge in [0.25, 0.3) is 0 Å². The number of aryl methyl sites for hydroxylation is 1. The van der Waals surface area contributed by atoms with E-state index in [1.54, 1.807) is 18.4 Å². The van der Waals surface area contributed by atoms with E-state index in [9.17, 15) is 0 Å². The summed E-state index contributed by atoms with van der Waals surface area (Å²) in [5.74, 6) is 0.883. The average molecular weight is 284 g/mol. The van der Waals surface area contributed by atoms with E-state index in [2.05, 4.69) is 29.4 Å². The predicted molar refractivity (Wildman–Crippen MR) is 84.7 cm³/mol. The Balaban J connectivity index is 1.84. The second-order valence-electron chi connectivity index (χ2n) is 4.65. The molecule has 0 aliphatic heterocycles. The van der Waals surface area contributed by atoms with E-state index in [1.165, 1.54) is 5.56 Å². The van der Waals surface area contributed by atoms with Crippen LogP contribution in [0.4, 0.5) is 5.13 Å². The van der Waals surface area contributed by atoms with E-state index in [1.807, 2.05) is 30.3 Å². The Hall–Kier alpha value is -2.07. The van der Waals surface area contributed by atoms with Crippen LogP contribution in [0, 0.1) is 6.92 Å². The third-order valence-corrected chi connectivity index (χ3v) is 4.14. The maximum Gasteiger partial charge on any atom is 0.184 e. The largest absolute Gasteiger partial charge is 0.497 e. The fraction of sp³-hybridized carbons (Fsp3) is 0.188. The van der Waals surface area contributed by atoms with Gasteiger partial charge in [-0.2, -0.15) is 0 Å². The van der Waals surface area contributed by atoms with Crippen molar-refractivity contribution < 1.29 is 4.74 Å². The Labute approximate surface area is 122 Å². The molecule has 3 nitrogen and oxygen atoms in total. The summed E-state index contributed by atoms with van der Waals surface area (Å²) >= 11 is 1.66. The maximum absolute atomic E-state index is 5.30. The van der Waals surface area contributed by atoms with E-state index in [0.29, 0.717) is 0 Å². The van der Waals surface area contributed by atoms with Crippen LogP contribution in [0.15, 0.2) is 42.5 Å². The molecule has 0 radical (unpaired) electrons. The van der Waals surface area contributed by atoms with Gasteiger partial charge in [0.1, 0.15) is 5.75 Å². The summed E-state index contributed by atoms with van der Waals surface area (Å²) in [6, 6.07) is 14.4. The second-order valence-corrected chi connectivity index (χ2v) is 5.68. The van der Waals surface area contributed by atoms with Gasteiger partial charge in [0, 0.05) is 6.54 Å². The first kappa shape index (κ1) is 12.9. The summed E-state index contributed by atoms with van der Waals surface area (Å²) in [7, 11) is 1.69. The molecule has 0 bridgehead atoms. The molecule has 1 heterocycles. The minimum Gasteiger partial charge on any atom is -0.497 e. The number of nitrogens with zero attached hydrogens (tertiary/aromatic N) is 1. The molecule has 0 atom stereocenters. The molecule has 0 fully saturated rings. The van der Waals surface area contributed by atoms with Crippen molar-refractivity contribution >= 4 is 26.7 Å². The molecule has 0 aliphatic rings. The standard InChI is InChI=1S/C16H16N2OS/c1-11-8-13(19-2)9-14-15(11)18-16(20-14)17-10-12-6-4-3-5-7-12/h3-9H,10H2,1-2H3,(H,17,18). The molecular weight excluding hydrogens is 268 g/mol. The molecule has 0 saturated carbocycles. The summed E-state index contributed by atoms with van der Waals surface area (Å²) < 4.78 is 6.45. The Kier molecular flexibility index (Phi) is 3.56. The van der Waals surface area contributed by atoms with Gasteiger partial charge in [0.05, 0.1) is 17.3 Å². The Morgan fingerprint density at radius 2 is 2.00 bits per heavy atom. The number of thiazole rings is 1. The zero-order valence-electron chi connectivity index (χ0n) is 11.5. The lowest BCUT2D eigenvalue weighted by atomic mass is 10.2. The molecule has 1 aromatic heterocycles. The summed E-state index contributed by atoms with van der Waals surface area (Å²) in [5, 5.41) is 4.33. The molecule has 3 aromatic rings. The van der Waals surface area contributed by atoms with Crippen LogP contribution in [0.5, 0.6) is 5.75 Å². The van der Waals surface area contributed by atoms with Gasteiger partial charge >= 0.3 is 0 Å². The third-order valence-electron chi connectivity index (χ3n) is 3.18. The lowest BCUT2D eigenvalue weighted by Gasteiger charge is -2.01. The Morgan fingerprint density at radius 3 is 2.75 bits per heavy atom. The Bertz CT molecular complexity index is 722. The van der Waals surface area contributed by atoms with Crippen LogP contribution < -0.4 is 10.1 Å². The average Bonchev–Trinajstić information content (AvgIpc) is 2.89. The number of hydrogen-bond donors (Lipinski definition) is 1. The lowest BCUT2D eigenvalue weighted by Crippen LogP contribution is -1.98. The van der Waals surface area contributed by atoms with Gasteiger partial charge in [-0.25, -0.2) is 4.98 Å². The maximum atomic E-state index is 5.30. The van der Waals surface area contributed by atoms with Crippen molar-refractivity contribution in [3.63, 3.8) is 0 Å². The van der Waals surface area contributed by atoms with Crippen LogP contribution >= 0.6 is 11.3 Å². The lowest BCUT2D eigenvalue weighted by molar-refractivity contribution is 0.415. The van der Waals surface area contributed by atoms with Crippen LogP contribution in [-0.2, 0) is 6.54 Å². The number of rotatable bonds is 4. The molecular formula is C16H16N2OS. The van der Waals surface area contributed by atoms with Crippen LogP contribution in [0.1, 0.15) is 11.1 Å². The fourth-order valence-electron chi connectivity index (χ4n) is 2.13. The van der Waals surface area contributed by atoms with E-state index < -0.39 is 0 Å². The van der Waals surface area contributed by atoms with Crippen LogP contribution in [0.2, 0.25) is 0 Å². The van der Waals surface area contributed by atoms with Crippen LogP contribution in [0.25, 0.3) is 10.2 Å². The van der Waals surface area contributed by atoms with Gasteiger partial charge in [-0.15, -0.1) is 0 Å². The second kappa shape index (κ2) is 5.51. The third kappa shape index (κ3) is 2.60. The highest BCUT2D eigenvalue weighted by Gasteiger charge is 2.08. The van der Waals surface area contributed by atoms with Crippen molar-refractivity contribution in [2.45, 2.75) is 13.5 Å². The van der Waals surface area contributed by atoms with Gasteiger partial charge < -0.3 is 10.1 Å². The molecule has 4 heteroatoms. The number of nitrogens with one attached hydrogen (secondary N) is 1. The zero-order valence-corrected chi connectivity index (χ0v) is 12.3. The van der Waals surface area contributed by atoms with E-state index in [4.69, 9.17) is 4.74 Å². The van der Waals surface area contributed by atoms with Crippen molar-refractivity contribution in [1.29, 1.82) is 0 Å². The summed E-state index contributed by atoms with van der Waals surface area (Å²) in [4.78, 5) is 4.65. The summed E-state index contributed by atoms with van der Waals surface area (Å²) in [5.41, 5.74) is 3.44. The molecule has 1 N–H and O–H groups in total. The van der Waals surface area contributed by atoms with Crippen LogP contribution in [0.3, 0.4) is 0 Å². The molecule has 0 amide bonds. The van der Waals surface area contributed by atoms with Crippen molar-refractivity contribution in [2.75, 3.05) is 12.4 Å². The fourth-order valence-corrected chi connectivity index (χ4v) is 3.10. The van der Waals surface area contributed by atoms with Crippen molar-refractivity contribution in [1.82, 2.24) is 4.98 Å². The minimum absolute atomic E-state index is 0.789. The van der Waals surface area contributed by atoms with E-state index in [0.717, 1.165) is 33.2 Å². The van der Waals surface area contributed by atoms with E-state index >= 15 is 0 Å². The first-order valence-corrected chi connectivity index (χ1v) is 7.31. The molecule has 102 valence electrons. The van der Waals surface area contributed by atoms with Gasteiger partial charge in [0.2, 0.25) is 0 Å². The molecule has 0 saturated heterocycles. The highest BCUT2D eigenvalue weighted by molar-refractivity contribution is 7.22. The van der Waals surface area contributed by atoms with E-state index in [-0.39, 0.29) is 0 Å². The molecule has 0 aliphatic carbocycles.